The summed E-state index contributed by atoms with van der Waals surface area (Å²) in [6, 6.07) is 37.9. The summed E-state index contributed by atoms with van der Waals surface area (Å²) in [7, 11) is 3.30. The van der Waals surface area contributed by atoms with Crippen LogP contribution in [0.1, 0.15) is 45.8 Å². The molecule has 22 heteroatoms. The normalized spacial score (nSPS) is 11.1. The number of carbonyl (C=O) groups is 4. The number of likely N-dealkylation sites (N-methyl/N-ethyl adjacent to an activating group) is 2. The van der Waals surface area contributed by atoms with E-state index in [1.807, 2.05) is 78.9 Å². The van der Waals surface area contributed by atoms with Crippen molar-refractivity contribution in [1.29, 1.82) is 0 Å². The van der Waals surface area contributed by atoms with Crippen molar-refractivity contribution in [2.45, 2.75) is 50.6 Å². The van der Waals surface area contributed by atoms with Gasteiger partial charge in [0.2, 0.25) is 11.8 Å². The zero-order chi connectivity index (χ0) is 54.4. The van der Waals surface area contributed by atoms with Crippen LogP contribution in [0.15, 0.2) is 163 Å². The predicted molar refractivity (Wildman–Crippen MR) is 308 cm³/mol. The molecular weight excluding hydrogens is 1080 g/mol. The molecule has 4 heterocycles. The molecule has 4 aromatic carbocycles. The molecule has 0 spiro atoms. The van der Waals surface area contributed by atoms with Gasteiger partial charge in [-0.25, -0.2) is 18.6 Å². The van der Waals surface area contributed by atoms with Crippen molar-refractivity contribution >= 4 is 101 Å². The summed E-state index contributed by atoms with van der Waals surface area (Å²) in [6.45, 7) is -0.210. The van der Waals surface area contributed by atoms with Crippen LogP contribution in [-0.2, 0) is 40.0 Å². The van der Waals surface area contributed by atoms with Crippen LogP contribution in [0.5, 0.6) is 0 Å². The van der Waals surface area contributed by atoms with Crippen LogP contribution in [-0.4, -0.2) is 98.0 Å². The van der Waals surface area contributed by atoms with Crippen LogP contribution in [0.4, 0.5) is 19.4 Å². The molecule has 4 amide bonds. The first-order chi connectivity index (χ1) is 36.7. The molecule has 8 rings (SSSR count). The Kier molecular flexibility index (Phi) is 25.9. The SMILES string of the molecule is CN(C(=O)CCc1cccc(F)c1Cl)[C@H](CO)Cc1ccccn1.CN(C(=O)CCc1cccc(F)c1Cl)[C@H](COC(=O)Nc1cc2ccccc2cn1)Cc1ccccn1.S.S.[N-]=[N+]=NC(=O)c1cc2ccccc2cn1. The second kappa shape index (κ2) is 32.1. The molecule has 0 fully saturated rings. The fraction of sp³-hybridized carbons (Fsp3) is 0.214. The number of benzene rings is 4. The zero-order valence-electron chi connectivity index (χ0n) is 42.3. The maximum atomic E-state index is 13.7. The number of aliphatic hydroxyl groups excluding tert-OH is 1. The Morgan fingerprint density at radius 3 is 1.63 bits per heavy atom. The van der Waals surface area contributed by atoms with Gasteiger partial charge in [-0.3, -0.25) is 34.7 Å². The van der Waals surface area contributed by atoms with Gasteiger partial charge >= 0.3 is 6.09 Å². The van der Waals surface area contributed by atoms with Crippen LogP contribution in [0.25, 0.3) is 32.0 Å². The van der Waals surface area contributed by atoms with Gasteiger partial charge < -0.3 is 19.6 Å². The molecular formula is C56H56Cl2F2N10O6S2. The monoisotopic (exact) mass is 1140 g/mol. The number of hydrogen-bond donors (Lipinski definition) is 2. The summed E-state index contributed by atoms with van der Waals surface area (Å²) >= 11 is 11.9. The number of rotatable bonds is 17. The van der Waals surface area contributed by atoms with Crippen LogP contribution in [0, 0.1) is 11.6 Å². The Hall–Kier alpha value is -7.71. The third-order valence-electron chi connectivity index (χ3n) is 12.0. The van der Waals surface area contributed by atoms with Gasteiger partial charge in [0, 0.05) is 91.6 Å². The van der Waals surface area contributed by atoms with E-state index in [2.05, 4.69) is 35.3 Å². The summed E-state index contributed by atoms with van der Waals surface area (Å²) in [4.78, 5) is 71.3. The van der Waals surface area contributed by atoms with Gasteiger partial charge in [-0.2, -0.15) is 27.0 Å². The molecule has 406 valence electrons. The fourth-order valence-electron chi connectivity index (χ4n) is 7.64. The van der Waals surface area contributed by atoms with Crippen molar-refractivity contribution in [2.24, 2.45) is 5.11 Å². The number of azide groups is 1. The van der Waals surface area contributed by atoms with E-state index in [1.165, 1.54) is 21.9 Å². The number of ether oxygens (including phenoxy) is 1. The maximum absolute atomic E-state index is 13.7. The predicted octanol–water partition coefficient (Wildman–Crippen LogP) is 11.5. The Labute approximate surface area is 473 Å². The van der Waals surface area contributed by atoms with Crippen LogP contribution in [0.3, 0.4) is 0 Å². The topological polar surface area (TPSA) is 217 Å². The smallest absolute Gasteiger partial charge is 0.412 e. The number of halogens is 4. The summed E-state index contributed by atoms with van der Waals surface area (Å²) in [5, 5.41) is 19.0. The van der Waals surface area contributed by atoms with Crippen LogP contribution >= 0.6 is 50.2 Å². The lowest BCUT2D eigenvalue weighted by Crippen LogP contribution is -2.42. The lowest BCUT2D eigenvalue weighted by molar-refractivity contribution is -0.133. The van der Waals surface area contributed by atoms with Crippen molar-refractivity contribution in [3.63, 3.8) is 0 Å². The molecule has 2 N–H and O–H groups in total. The first-order valence-electron chi connectivity index (χ1n) is 23.7. The molecule has 0 aliphatic rings. The minimum absolute atomic E-state index is 0. The summed E-state index contributed by atoms with van der Waals surface area (Å²) in [6.07, 6.45) is 7.71. The van der Waals surface area contributed by atoms with Crippen molar-refractivity contribution in [3.8, 4) is 0 Å². The highest BCUT2D eigenvalue weighted by Crippen LogP contribution is 2.24. The van der Waals surface area contributed by atoms with E-state index in [1.54, 1.807) is 81.3 Å². The van der Waals surface area contributed by atoms with Crippen molar-refractivity contribution in [3.05, 3.63) is 219 Å². The lowest BCUT2D eigenvalue weighted by Gasteiger charge is -2.28. The molecule has 8 aromatic rings. The molecule has 0 aliphatic heterocycles. The van der Waals surface area contributed by atoms with Gasteiger partial charge in [0.15, 0.2) is 0 Å². The Morgan fingerprint density at radius 1 is 0.654 bits per heavy atom. The van der Waals surface area contributed by atoms with E-state index in [0.29, 0.717) is 36.2 Å². The Balaban J connectivity index is 0.000000274. The van der Waals surface area contributed by atoms with Crippen molar-refractivity contribution in [2.75, 3.05) is 32.6 Å². The third-order valence-corrected chi connectivity index (χ3v) is 12.8. The summed E-state index contributed by atoms with van der Waals surface area (Å²) in [5.74, 6) is -1.64. The standard InChI is InChI=1S/C28H26ClFN4O3.C18H20ClFN2O2.C10H6N4O.2H2S/c1-34(26(35)13-12-19-9-6-11-24(30)27(19)29)23(16-22-10-4-5-14-31-22)18-37-28(36)33-25-15-20-7-2-3-8-21(20)17-32-25;1-22(15(12-23)11-14-6-2-3-10-21-14)17(24)9-8-13-5-4-7-16(20)18(13)19;11-14-13-10(15)9-5-7-3-1-2-4-8(7)6-12-9;;/h2-11,14-15,17,23H,12-13,16,18H2,1H3,(H,32,33,36);2-7,10,15,23H,8-9,11-12H2,1H3;1-6H;2*1H2/t23-;15-;;;/m00.../s1. The molecule has 2 atom stereocenters. The minimum Gasteiger partial charge on any atom is -0.447 e. The van der Waals surface area contributed by atoms with E-state index in [0.717, 1.165) is 32.9 Å². The number of fused-ring (bicyclic) bond motifs is 2. The number of anilines is 1. The number of amides is 4. The average molecular weight is 1140 g/mol. The van der Waals surface area contributed by atoms with E-state index in [4.69, 9.17) is 33.5 Å². The lowest BCUT2D eigenvalue weighted by atomic mass is 10.1. The zero-order valence-corrected chi connectivity index (χ0v) is 45.9. The number of aromatic nitrogens is 4. The fourth-order valence-corrected chi connectivity index (χ4v) is 8.08. The van der Waals surface area contributed by atoms with Crippen molar-refractivity contribution < 1.29 is 37.8 Å². The number of aryl methyl sites for hydroxylation is 2. The van der Waals surface area contributed by atoms with E-state index >= 15 is 0 Å². The molecule has 16 nitrogen and oxygen atoms in total. The third kappa shape index (κ3) is 18.8. The number of pyridine rings is 4. The Bertz CT molecular complexity index is 3320. The van der Waals surface area contributed by atoms with E-state index in [9.17, 15) is 33.1 Å². The van der Waals surface area contributed by atoms with E-state index in [-0.39, 0.29) is 93.1 Å². The number of nitrogens with one attached hydrogen (secondary N) is 1. The van der Waals surface area contributed by atoms with Crippen LogP contribution < -0.4 is 5.32 Å². The molecule has 0 aliphatic carbocycles. The first kappa shape index (κ1) is 62.8. The maximum Gasteiger partial charge on any atom is 0.412 e. The number of carbonyl (C=O) groups excluding carboxylic acids is 4. The molecule has 4 aromatic heterocycles. The Morgan fingerprint density at radius 2 is 1.13 bits per heavy atom. The van der Waals surface area contributed by atoms with Crippen LogP contribution in [0.2, 0.25) is 10.0 Å². The van der Waals surface area contributed by atoms with Gasteiger partial charge in [0.05, 0.1) is 28.7 Å². The molecule has 0 saturated carbocycles. The van der Waals surface area contributed by atoms with Gasteiger partial charge in [-0.05, 0) is 93.9 Å². The largest absolute Gasteiger partial charge is 0.447 e. The van der Waals surface area contributed by atoms with Gasteiger partial charge in [0.1, 0.15) is 29.8 Å². The number of aliphatic hydroxyl groups is 1. The molecule has 0 radical (unpaired) electrons. The number of hydrogen-bond acceptors (Lipinski definition) is 10. The second-order valence-corrected chi connectivity index (χ2v) is 17.8. The summed E-state index contributed by atoms with van der Waals surface area (Å²) in [5.41, 5.74) is 11.0. The minimum atomic E-state index is -0.679. The number of nitrogens with zero attached hydrogens (tertiary/aromatic N) is 9. The molecule has 0 bridgehead atoms. The highest BCUT2D eigenvalue weighted by atomic mass is 35.5. The molecule has 78 heavy (non-hydrogen) atoms. The highest BCUT2D eigenvalue weighted by Gasteiger charge is 2.24. The first-order valence-corrected chi connectivity index (χ1v) is 24.5. The summed E-state index contributed by atoms with van der Waals surface area (Å²) < 4.78 is 32.6. The van der Waals surface area contributed by atoms with Crippen molar-refractivity contribution in [1.82, 2.24) is 29.7 Å². The second-order valence-electron chi connectivity index (χ2n) is 17.0. The molecule has 0 saturated heterocycles. The van der Waals surface area contributed by atoms with Gasteiger partial charge in [-0.15, -0.1) is 0 Å². The van der Waals surface area contributed by atoms with E-state index < -0.39 is 29.7 Å². The highest BCUT2D eigenvalue weighted by molar-refractivity contribution is 7.59. The molecule has 0 unspecified atom stereocenters. The quantitative estimate of drug-likeness (QED) is 0.0499. The van der Waals surface area contributed by atoms with Gasteiger partial charge in [-0.1, -0.05) is 108 Å². The van der Waals surface area contributed by atoms with Gasteiger partial charge in [0.25, 0.3) is 5.91 Å². The average Bonchev–Trinajstić information content (AvgIpc) is 3.44.